The number of aliphatic hydroxyl groups is 1. The first-order chi connectivity index (χ1) is 14.3. The van der Waals surface area contributed by atoms with Crippen molar-refractivity contribution in [2.45, 2.75) is 43.7 Å². The Balaban J connectivity index is 1.56. The molecule has 0 bridgehead atoms. The zero-order chi connectivity index (χ0) is 21.7. The lowest BCUT2D eigenvalue weighted by Gasteiger charge is -2.24. The molecule has 1 aliphatic heterocycles. The van der Waals surface area contributed by atoms with Crippen LogP contribution in [-0.2, 0) is 14.8 Å². The molecule has 2 N–H and O–H groups in total. The highest BCUT2D eigenvalue weighted by Gasteiger charge is 2.39. The number of amides is 1. The molecule has 30 heavy (non-hydrogen) atoms. The van der Waals surface area contributed by atoms with E-state index in [1.54, 1.807) is 18.2 Å². The molecule has 3 rings (SSSR count). The van der Waals surface area contributed by atoms with Gasteiger partial charge in [-0.2, -0.15) is 4.31 Å². The fourth-order valence-corrected chi connectivity index (χ4v) is 5.30. The maximum atomic E-state index is 12.9. The number of carbonyl (C=O) groups is 1. The minimum atomic E-state index is -3.74. The molecule has 0 spiro atoms. The molecule has 2 aromatic carbocycles. The van der Waals surface area contributed by atoms with Gasteiger partial charge >= 0.3 is 0 Å². The smallest absolute Gasteiger partial charge is 0.243 e. The number of aryl methyl sites for hydroxylation is 2. The summed E-state index contributed by atoms with van der Waals surface area (Å²) in [5, 5.41) is 12.9. The first-order valence-corrected chi connectivity index (χ1v) is 11.5. The van der Waals surface area contributed by atoms with Crippen LogP contribution < -0.4 is 10.1 Å². The highest BCUT2D eigenvalue weighted by atomic mass is 32.2. The van der Waals surface area contributed by atoms with Gasteiger partial charge < -0.3 is 15.2 Å². The predicted molar refractivity (Wildman–Crippen MR) is 114 cm³/mol. The number of nitrogens with zero attached hydrogens (tertiary/aromatic N) is 1. The van der Waals surface area contributed by atoms with E-state index in [-0.39, 0.29) is 18.0 Å². The van der Waals surface area contributed by atoms with Gasteiger partial charge in [0, 0.05) is 13.1 Å². The van der Waals surface area contributed by atoms with Crippen molar-refractivity contribution in [2.24, 2.45) is 0 Å². The van der Waals surface area contributed by atoms with Crippen LogP contribution in [0.3, 0.4) is 0 Å². The van der Waals surface area contributed by atoms with Crippen molar-refractivity contribution in [2.75, 3.05) is 19.7 Å². The summed E-state index contributed by atoms with van der Waals surface area (Å²) in [5.41, 5.74) is 1.94. The second-order valence-electron chi connectivity index (χ2n) is 7.52. The Kier molecular flexibility index (Phi) is 7.12. The van der Waals surface area contributed by atoms with Crippen LogP contribution in [0.2, 0.25) is 0 Å². The summed E-state index contributed by atoms with van der Waals surface area (Å²) >= 11 is 0. The van der Waals surface area contributed by atoms with E-state index in [9.17, 15) is 18.3 Å². The lowest BCUT2D eigenvalue weighted by atomic mass is 10.1. The molecule has 1 saturated heterocycles. The summed E-state index contributed by atoms with van der Waals surface area (Å²) in [5.74, 6) is 0.317. The van der Waals surface area contributed by atoms with Gasteiger partial charge in [0.25, 0.3) is 0 Å². The van der Waals surface area contributed by atoms with Gasteiger partial charge in [-0.15, -0.1) is 0 Å². The highest BCUT2D eigenvalue weighted by molar-refractivity contribution is 7.89. The Morgan fingerprint density at radius 2 is 1.83 bits per heavy atom. The molecule has 7 nitrogen and oxygen atoms in total. The Bertz CT molecular complexity index is 958. The van der Waals surface area contributed by atoms with Crippen LogP contribution in [-0.4, -0.2) is 55.6 Å². The number of ether oxygens (including phenoxy) is 1. The Hall–Kier alpha value is -2.42. The molecule has 0 radical (unpaired) electrons. The zero-order valence-corrected chi connectivity index (χ0v) is 18.1. The second kappa shape index (κ2) is 9.59. The van der Waals surface area contributed by atoms with E-state index < -0.39 is 28.1 Å². The van der Waals surface area contributed by atoms with Crippen molar-refractivity contribution in [3.8, 4) is 5.75 Å². The van der Waals surface area contributed by atoms with Crippen LogP contribution in [0.5, 0.6) is 5.75 Å². The number of hydrogen-bond acceptors (Lipinski definition) is 5. The van der Waals surface area contributed by atoms with Crippen molar-refractivity contribution in [3.05, 3.63) is 59.7 Å². The average Bonchev–Trinajstić information content (AvgIpc) is 3.23. The summed E-state index contributed by atoms with van der Waals surface area (Å²) in [4.78, 5) is 12.8. The number of benzene rings is 2. The summed E-state index contributed by atoms with van der Waals surface area (Å²) in [6, 6.07) is 13.1. The summed E-state index contributed by atoms with van der Waals surface area (Å²) in [6.07, 6.45) is 0.156. The molecular weight excluding hydrogens is 404 g/mol. The van der Waals surface area contributed by atoms with E-state index in [0.29, 0.717) is 19.4 Å². The molecule has 0 aromatic heterocycles. The quantitative estimate of drug-likeness (QED) is 0.665. The summed E-state index contributed by atoms with van der Waals surface area (Å²) in [7, 11) is -3.74. The van der Waals surface area contributed by atoms with Crippen molar-refractivity contribution in [1.82, 2.24) is 9.62 Å². The second-order valence-corrected chi connectivity index (χ2v) is 9.41. The molecular formula is C22H28N2O5S. The maximum absolute atomic E-state index is 12.9. The van der Waals surface area contributed by atoms with E-state index in [1.807, 2.05) is 32.0 Å². The number of aliphatic hydroxyl groups excluding tert-OH is 1. The lowest BCUT2D eigenvalue weighted by Crippen LogP contribution is -2.48. The normalized spacial score (nSPS) is 18.2. The van der Waals surface area contributed by atoms with E-state index in [4.69, 9.17) is 4.74 Å². The average molecular weight is 433 g/mol. The SMILES string of the molecule is Cc1cccc(C)c1OCC(O)CNC(=O)C1CCCN1S(=O)(=O)c1ccccc1. The standard InChI is InChI=1S/C22H28N2O5S/c1-16-8-6-9-17(2)21(16)29-15-18(25)14-23-22(26)20-12-7-13-24(20)30(27,28)19-10-4-3-5-11-19/h3-6,8-11,18,20,25H,7,12-15H2,1-2H3,(H,23,26). The van der Waals surface area contributed by atoms with Crippen molar-refractivity contribution < 1.29 is 23.1 Å². The van der Waals surface area contributed by atoms with Crippen molar-refractivity contribution >= 4 is 15.9 Å². The molecule has 1 amide bonds. The largest absolute Gasteiger partial charge is 0.490 e. The van der Waals surface area contributed by atoms with Gasteiger partial charge in [0.2, 0.25) is 15.9 Å². The predicted octanol–water partition coefficient (Wildman–Crippen LogP) is 2.01. The molecule has 0 aliphatic carbocycles. The fraction of sp³-hybridized carbons (Fsp3) is 0.409. The molecule has 2 unspecified atom stereocenters. The number of nitrogens with one attached hydrogen (secondary N) is 1. The third kappa shape index (κ3) is 5.00. The van der Waals surface area contributed by atoms with Crippen LogP contribution in [0.25, 0.3) is 0 Å². The topological polar surface area (TPSA) is 95.9 Å². The molecule has 1 aliphatic rings. The Morgan fingerprint density at radius 3 is 2.50 bits per heavy atom. The first kappa shape index (κ1) is 22.3. The zero-order valence-electron chi connectivity index (χ0n) is 17.2. The lowest BCUT2D eigenvalue weighted by molar-refractivity contribution is -0.124. The van der Waals surface area contributed by atoms with Crippen LogP contribution in [0.4, 0.5) is 0 Å². The van der Waals surface area contributed by atoms with E-state index in [2.05, 4.69) is 5.32 Å². The third-order valence-electron chi connectivity index (χ3n) is 5.20. The van der Waals surface area contributed by atoms with Gasteiger partial charge in [0.1, 0.15) is 24.5 Å². The molecule has 2 aromatic rings. The monoisotopic (exact) mass is 432 g/mol. The molecule has 8 heteroatoms. The van der Waals surface area contributed by atoms with Gasteiger partial charge in [-0.3, -0.25) is 4.79 Å². The molecule has 0 saturated carbocycles. The minimum absolute atomic E-state index is 0.0144. The van der Waals surface area contributed by atoms with Gasteiger partial charge in [0.05, 0.1) is 4.90 Å². The van der Waals surface area contributed by atoms with Gasteiger partial charge in [-0.1, -0.05) is 36.4 Å². The van der Waals surface area contributed by atoms with Crippen LogP contribution in [0.1, 0.15) is 24.0 Å². The first-order valence-electron chi connectivity index (χ1n) is 10.0. The number of rotatable bonds is 8. The number of para-hydroxylation sites is 1. The number of sulfonamides is 1. The Labute approximate surface area is 177 Å². The minimum Gasteiger partial charge on any atom is -0.490 e. The van der Waals surface area contributed by atoms with Crippen molar-refractivity contribution in [3.63, 3.8) is 0 Å². The van der Waals surface area contributed by atoms with E-state index in [0.717, 1.165) is 16.9 Å². The third-order valence-corrected chi connectivity index (χ3v) is 7.12. The molecule has 1 fully saturated rings. The van der Waals surface area contributed by atoms with E-state index >= 15 is 0 Å². The summed E-state index contributed by atoms with van der Waals surface area (Å²) in [6.45, 7) is 4.17. The molecule has 162 valence electrons. The molecule has 2 atom stereocenters. The number of carbonyl (C=O) groups excluding carboxylic acids is 1. The van der Waals surface area contributed by atoms with Crippen LogP contribution in [0, 0.1) is 13.8 Å². The number of hydrogen-bond donors (Lipinski definition) is 2. The van der Waals surface area contributed by atoms with Gasteiger partial charge in [-0.25, -0.2) is 8.42 Å². The van der Waals surface area contributed by atoms with Crippen molar-refractivity contribution in [1.29, 1.82) is 0 Å². The highest BCUT2D eigenvalue weighted by Crippen LogP contribution is 2.26. The molecule has 1 heterocycles. The fourth-order valence-electron chi connectivity index (χ4n) is 3.62. The van der Waals surface area contributed by atoms with Gasteiger partial charge in [-0.05, 0) is 49.9 Å². The summed E-state index contributed by atoms with van der Waals surface area (Å²) < 4.78 is 32.7. The maximum Gasteiger partial charge on any atom is 0.243 e. The van der Waals surface area contributed by atoms with Crippen LogP contribution in [0.15, 0.2) is 53.4 Å². The van der Waals surface area contributed by atoms with Crippen LogP contribution >= 0.6 is 0 Å². The Morgan fingerprint density at radius 1 is 1.17 bits per heavy atom. The van der Waals surface area contributed by atoms with E-state index in [1.165, 1.54) is 16.4 Å². The van der Waals surface area contributed by atoms with Gasteiger partial charge in [0.15, 0.2) is 0 Å².